The molecule has 1 aliphatic rings. The van der Waals surface area contributed by atoms with Gasteiger partial charge in [-0.05, 0) is 32.4 Å². The van der Waals surface area contributed by atoms with Crippen LogP contribution < -0.4 is 14.2 Å². The Morgan fingerprint density at radius 1 is 1.21 bits per heavy atom. The zero-order chi connectivity index (χ0) is 20.7. The third kappa shape index (κ3) is 3.81. The fourth-order valence-electron chi connectivity index (χ4n) is 3.45. The molecule has 1 saturated heterocycles. The minimum Gasteiger partial charge on any atom is -0.497 e. The molecule has 2 aromatic rings. The summed E-state index contributed by atoms with van der Waals surface area (Å²) in [5.74, 6) is 0.857. The number of ether oxygens (including phenoxy) is 2. The minimum absolute atomic E-state index is 0.0293. The fraction of sp³-hybridized carbons (Fsp3) is 0.471. The molecule has 2 heterocycles. The number of hydrogen-bond acceptors (Lipinski definition) is 7. The molecule has 1 atom stereocenters. The van der Waals surface area contributed by atoms with Crippen molar-refractivity contribution in [1.29, 1.82) is 0 Å². The van der Waals surface area contributed by atoms with Crippen molar-refractivity contribution in [3.8, 4) is 11.5 Å². The van der Waals surface area contributed by atoms with Crippen LogP contribution in [0.3, 0.4) is 0 Å². The second-order valence-electron chi connectivity index (χ2n) is 6.67. The highest BCUT2D eigenvalue weighted by Crippen LogP contribution is 2.33. The van der Waals surface area contributed by atoms with Gasteiger partial charge < -0.3 is 9.47 Å². The van der Waals surface area contributed by atoms with E-state index in [2.05, 4.69) is 9.82 Å². The van der Waals surface area contributed by atoms with Gasteiger partial charge in [0.15, 0.2) is 9.84 Å². The smallest absolute Gasteiger partial charge is 0.265 e. The molecule has 0 aliphatic carbocycles. The van der Waals surface area contributed by atoms with Gasteiger partial charge in [0.2, 0.25) is 0 Å². The number of sulfone groups is 1. The summed E-state index contributed by atoms with van der Waals surface area (Å²) < 4.78 is 64.2. The molecule has 1 aromatic heterocycles. The monoisotopic (exact) mass is 429 g/mol. The summed E-state index contributed by atoms with van der Waals surface area (Å²) in [6.07, 6.45) is 0.418. The summed E-state index contributed by atoms with van der Waals surface area (Å²) in [6.45, 7) is 3.21. The molecule has 3 rings (SSSR count). The average Bonchev–Trinajstić information content (AvgIpc) is 3.13. The van der Waals surface area contributed by atoms with E-state index >= 15 is 0 Å². The SMILES string of the molecule is COc1ccc(OC)c(NS(=O)(=O)c2c(C)nn([C@@H]3CCS(=O)(=O)C3)c2C)c1. The Balaban J connectivity index is 2.00. The molecule has 0 amide bonds. The van der Waals surface area contributed by atoms with Crippen LogP contribution in [-0.2, 0) is 19.9 Å². The van der Waals surface area contributed by atoms with Gasteiger partial charge >= 0.3 is 0 Å². The average molecular weight is 430 g/mol. The Bertz CT molecular complexity index is 1110. The maximum absolute atomic E-state index is 13.1. The lowest BCUT2D eigenvalue weighted by Crippen LogP contribution is -2.17. The number of aromatic nitrogens is 2. The number of nitrogens with zero attached hydrogens (tertiary/aromatic N) is 2. The first kappa shape index (κ1) is 20.5. The predicted molar refractivity (Wildman–Crippen MR) is 104 cm³/mol. The topological polar surface area (TPSA) is 117 Å². The van der Waals surface area contributed by atoms with Gasteiger partial charge in [0.05, 0.1) is 48.8 Å². The van der Waals surface area contributed by atoms with Crippen LogP contribution in [0.4, 0.5) is 5.69 Å². The molecule has 0 spiro atoms. The summed E-state index contributed by atoms with van der Waals surface area (Å²) in [5.41, 5.74) is 0.932. The van der Waals surface area contributed by atoms with Crippen molar-refractivity contribution in [1.82, 2.24) is 9.78 Å². The van der Waals surface area contributed by atoms with Gasteiger partial charge in [-0.2, -0.15) is 5.10 Å². The lowest BCUT2D eigenvalue weighted by Gasteiger charge is -2.14. The number of methoxy groups -OCH3 is 2. The zero-order valence-electron chi connectivity index (χ0n) is 16.1. The molecular formula is C17H23N3O6S2. The molecule has 9 nitrogen and oxygen atoms in total. The largest absolute Gasteiger partial charge is 0.497 e. The number of anilines is 1. The lowest BCUT2D eigenvalue weighted by molar-refractivity contribution is 0.405. The molecule has 11 heteroatoms. The van der Waals surface area contributed by atoms with E-state index in [4.69, 9.17) is 9.47 Å². The fourth-order valence-corrected chi connectivity index (χ4v) is 6.61. The third-order valence-corrected chi connectivity index (χ3v) is 8.10. The first-order valence-corrected chi connectivity index (χ1v) is 11.9. The van der Waals surface area contributed by atoms with E-state index in [1.165, 1.54) is 25.0 Å². The molecule has 0 unspecified atom stereocenters. The molecule has 154 valence electrons. The van der Waals surface area contributed by atoms with Gasteiger partial charge in [-0.15, -0.1) is 0 Å². The van der Waals surface area contributed by atoms with Gasteiger partial charge in [0.25, 0.3) is 10.0 Å². The van der Waals surface area contributed by atoms with Crippen molar-refractivity contribution in [2.24, 2.45) is 0 Å². The third-order valence-electron chi connectivity index (χ3n) is 4.73. The van der Waals surface area contributed by atoms with Crippen molar-refractivity contribution in [3.05, 3.63) is 29.6 Å². The van der Waals surface area contributed by atoms with Crippen LogP contribution in [0, 0.1) is 13.8 Å². The van der Waals surface area contributed by atoms with Crippen molar-refractivity contribution < 1.29 is 26.3 Å². The van der Waals surface area contributed by atoms with Gasteiger partial charge in [-0.25, -0.2) is 16.8 Å². The first-order chi connectivity index (χ1) is 13.1. The van der Waals surface area contributed by atoms with Crippen molar-refractivity contribution in [2.75, 3.05) is 30.4 Å². The summed E-state index contributed by atoms with van der Waals surface area (Å²) in [6, 6.07) is 4.42. The van der Waals surface area contributed by atoms with E-state index in [0.717, 1.165) is 0 Å². The summed E-state index contributed by atoms with van der Waals surface area (Å²) in [7, 11) is -4.19. The molecule has 0 radical (unpaired) electrons. The number of aryl methyl sites for hydroxylation is 1. The molecule has 1 aromatic carbocycles. The molecule has 1 N–H and O–H groups in total. The van der Waals surface area contributed by atoms with Crippen LogP contribution in [0.1, 0.15) is 23.9 Å². The molecule has 0 saturated carbocycles. The van der Waals surface area contributed by atoms with Crippen LogP contribution in [-0.4, -0.2) is 52.3 Å². The van der Waals surface area contributed by atoms with Gasteiger partial charge in [0, 0.05) is 6.07 Å². The lowest BCUT2D eigenvalue weighted by atomic mass is 10.2. The van der Waals surface area contributed by atoms with Crippen molar-refractivity contribution >= 4 is 25.5 Å². The summed E-state index contributed by atoms with van der Waals surface area (Å²) >= 11 is 0. The number of rotatable bonds is 6. The van der Waals surface area contributed by atoms with Crippen LogP contribution in [0.5, 0.6) is 11.5 Å². The Kier molecular flexibility index (Phi) is 5.32. The summed E-state index contributed by atoms with van der Waals surface area (Å²) in [4.78, 5) is 0.0293. The van der Waals surface area contributed by atoms with Gasteiger partial charge in [0.1, 0.15) is 16.4 Å². The Morgan fingerprint density at radius 2 is 1.93 bits per heavy atom. The second kappa shape index (κ2) is 7.28. The number of hydrogen-bond donors (Lipinski definition) is 1. The predicted octanol–water partition coefficient (Wildman–Crippen LogP) is 1.68. The van der Waals surface area contributed by atoms with E-state index < -0.39 is 19.9 Å². The van der Waals surface area contributed by atoms with Crippen LogP contribution >= 0.6 is 0 Å². The molecule has 0 bridgehead atoms. The highest BCUT2D eigenvalue weighted by Gasteiger charge is 2.34. The molecule has 28 heavy (non-hydrogen) atoms. The molecule has 1 fully saturated rings. The van der Waals surface area contributed by atoms with Crippen LogP contribution in [0.15, 0.2) is 23.1 Å². The number of benzene rings is 1. The van der Waals surface area contributed by atoms with Crippen molar-refractivity contribution in [2.45, 2.75) is 31.2 Å². The van der Waals surface area contributed by atoms with Crippen LogP contribution in [0.25, 0.3) is 0 Å². The maximum atomic E-state index is 13.1. The van der Waals surface area contributed by atoms with Gasteiger partial charge in [-0.3, -0.25) is 9.40 Å². The highest BCUT2D eigenvalue weighted by molar-refractivity contribution is 7.93. The Labute approximate surface area is 164 Å². The standard InChI is InChI=1S/C17H23N3O6S2/c1-11-17(12(2)20(18-11)13-7-8-27(21,22)10-13)28(23,24)19-15-9-14(25-3)5-6-16(15)26-4/h5-6,9,13,19H,7-8,10H2,1-4H3/t13-/m1/s1. The van der Waals surface area contributed by atoms with E-state index in [1.807, 2.05) is 0 Å². The second-order valence-corrected chi connectivity index (χ2v) is 10.5. The normalized spacial score (nSPS) is 18.8. The van der Waals surface area contributed by atoms with E-state index in [9.17, 15) is 16.8 Å². The van der Waals surface area contributed by atoms with E-state index in [1.54, 1.807) is 26.0 Å². The quantitative estimate of drug-likeness (QED) is 0.742. The first-order valence-electron chi connectivity index (χ1n) is 8.59. The summed E-state index contributed by atoms with van der Waals surface area (Å²) in [5, 5.41) is 4.32. The molecular weight excluding hydrogens is 406 g/mol. The molecule has 1 aliphatic heterocycles. The minimum atomic E-state index is -3.99. The Hall–Kier alpha value is -2.27. The highest BCUT2D eigenvalue weighted by atomic mass is 32.2. The maximum Gasteiger partial charge on any atom is 0.265 e. The number of sulfonamides is 1. The van der Waals surface area contributed by atoms with Crippen molar-refractivity contribution in [3.63, 3.8) is 0 Å². The van der Waals surface area contributed by atoms with E-state index in [0.29, 0.717) is 29.3 Å². The Morgan fingerprint density at radius 3 is 2.50 bits per heavy atom. The zero-order valence-corrected chi connectivity index (χ0v) is 17.7. The van der Waals surface area contributed by atoms with Crippen LogP contribution in [0.2, 0.25) is 0 Å². The number of nitrogens with one attached hydrogen (secondary N) is 1. The van der Waals surface area contributed by atoms with E-state index in [-0.39, 0.29) is 28.1 Å². The van der Waals surface area contributed by atoms with Gasteiger partial charge in [-0.1, -0.05) is 0 Å².